The fourth-order valence-corrected chi connectivity index (χ4v) is 3.20. The molecule has 11 nitrogen and oxygen atoms in total. The van der Waals surface area contributed by atoms with Crippen LogP contribution in [-0.2, 0) is 42.9 Å². The summed E-state index contributed by atoms with van der Waals surface area (Å²) < 4.78 is 27.4. The third kappa shape index (κ3) is 10.1. The van der Waals surface area contributed by atoms with Crippen molar-refractivity contribution in [2.24, 2.45) is 0 Å². The molecule has 11 heteroatoms. The van der Waals surface area contributed by atoms with Crippen molar-refractivity contribution >= 4 is 23.8 Å². The van der Waals surface area contributed by atoms with E-state index in [1.807, 2.05) is 0 Å². The van der Waals surface area contributed by atoms with Crippen molar-refractivity contribution in [3.05, 3.63) is 0 Å². The van der Waals surface area contributed by atoms with E-state index >= 15 is 0 Å². The lowest BCUT2D eigenvalue weighted by atomic mass is 9.96. The van der Waals surface area contributed by atoms with E-state index in [-0.39, 0.29) is 19.8 Å². The summed E-state index contributed by atoms with van der Waals surface area (Å²) in [7, 11) is 0. The molecular formula is C20H33NO10. The van der Waals surface area contributed by atoms with Crippen molar-refractivity contribution in [2.45, 2.75) is 84.0 Å². The molecule has 0 aromatic carbocycles. The van der Waals surface area contributed by atoms with Crippen LogP contribution in [0.1, 0.15) is 53.4 Å². The average Bonchev–Trinajstić information content (AvgIpc) is 2.66. The van der Waals surface area contributed by atoms with Crippen molar-refractivity contribution in [2.75, 3.05) is 19.8 Å². The SMILES string of the molecule is CC(=O)NC1C(OC(C)=O)C(OC(C)=O)[C@H](COC(C)=O)O[C@H]1OCCCCCCO. The fraction of sp³-hybridized carbons (Fsp3) is 0.800. The Labute approximate surface area is 181 Å². The van der Waals surface area contributed by atoms with Crippen LogP contribution in [0, 0.1) is 0 Å². The van der Waals surface area contributed by atoms with Crippen LogP contribution in [0.2, 0.25) is 0 Å². The molecule has 31 heavy (non-hydrogen) atoms. The van der Waals surface area contributed by atoms with E-state index in [1.165, 1.54) is 27.7 Å². The number of unbranched alkanes of at least 4 members (excludes halogenated alkanes) is 3. The van der Waals surface area contributed by atoms with Crippen molar-refractivity contribution in [3.8, 4) is 0 Å². The van der Waals surface area contributed by atoms with Gasteiger partial charge in [0.1, 0.15) is 18.8 Å². The van der Waals surface area contributed by atoms with Crippen LogP contribution >= 0.6 is 0 Å². The molecule has 3 unspecified atom stereocenters. The molecule has 1 saturated heterocycles. The van der Waals surface area contributed by atoms with Gasteiger partial charge in [0, 0.05) is 40.9 Å². The van der Waals surface area contributed by atoms with Crippen molar-refractivity contribution in [1.29, 1.82) is 0 Å². The number of ether oxygens (including phenoxy) is 5. The Morgan fingerprint density at radius 1 is 0.871 bits per heavy atom. The molecular weight excluding hydrogens is 414 g/mol. The molecule has 0 spiro atoms. The minimum absolute atomic E-state index is 0.122. The number of amides is 1. The lowest BCUT2D eigenvalue weighted by Gasteiger charge is -2.44. The number of nitrogens with one attached hydrogen (secondary N) is 1. The van der Waals surface area contributed by atoms with E-state index < -0.39 is 54.5 Å². The highest BCUT2D eigenvalue weighted by atomic mass is 16.7. The smallest absolute Gasteiger partial charge is 0.303 e. The van der Waals surface area contributed by atoms with Crippen LogP contribution in [0.4, 0.5) is 0 Å². The van der Waals surface area contributed by atoms with Gasteiger partial charge >= 0.3 is 17.9 Å². The first kappa shape index (κ1) is 26.8. The Morgan fingerprint density at radius 3 is 2.03 bits per heavy atom. The summed E-state index contributed by atoms with van der Waals surface area (Å²) in [4.78, 5) is 46.5. The zero-order valence-electron chi connectivity index (χ0n) is 18.5. The average molecular weight is 447 g/mol. The number of rotatable bonds is 12. The maximum absolute atomic E-state index is 11.8. The molecule has 1 rings (SSSR count). The maximum Gasteiger partial charge on any atom is 0.303 e. The zero-order valence-corrected chi connectivity index (χ0v) is 18.5. The highest BCUT2D eigenvalue weighted by molar-refractivity contribution is 5.73. The van der Waals surface area contributed by atoms with Crippen molar-refractivity contribution in [3.63, 3.8) is 0 Å². The maximum atomic E-state index is 11.8. The molecule has 0 bridgehead atoms. The van der Waals surface area contributed by atoms with Gasteiger partial charge < -0.3 is 34.1 Å². The second-order valence-corrected chi connectivity index (χ2v) is 7.23. The third-order valence-corrected chi connectivity index (χ3v) is 4.41. The standard InChI is InChI=1S/C20H33NO10/c1-12(23)21-17-19(30-15(4)26)18(29-14(3)25)16(11-28-13(2)24)31-20(17)27-10-8-6-5-7-9-22/h16-20,22H,5-11H2,1-4H3,(H,21,23)/t16-,17?,18?,19?,20+/m0/s1. The quantitative estimate of drug-likeness (QED) is 0.242. The molecule has 1 amide bonds. The topological polar surface area (TPSA) is 147 Å². The van der Waals surface area contributed by atoms with Crippen molar-refractivity contribution in [1.82, 2.24) is 5.32 Å². The van der Waals surface area contributed by atoms with E-state index in [9.17, 15) is 19.2 Å². The molecule has 2 N–H and O–H groups in total. The summed E-state index contributed by atoms with van der Waals surface area (Å²) in [6.45, 7) is 4.98. The first-order valence-electron chi connectivity index (χ1n) is 10.3. The molecule has 0 radical (unpaired) electrons. The van der Waals surface area contributed by atoms with Gasteiger partial charge in [-0.1, -0.05) is 12.8 Å². The van der Waals surface area contributed by atoms with E-state index in [1.54, 1.807) is 0 Å². The van der Waals surface area contributed by atoms with E-state index in [4.69, 9.17) is 28.8 Å². The van der Waals surface area contributed by atoms with Crippen LogP contribution in [0.5, 0.6) is 0 Å². The third-order valence-electron chi connectivity index (χ3n) is 4.41. The molecule has 0 aromatic heterocycles. The van der Waals surface area contributed by atoms with Crippen LogP contribution in [0.25, 0.3) is 0 Å². The zero-order chi connectivity index (χ0) is 23.4. The van der Waals surface area contributed by atoms with Gasteiger partial charge in [0.2, 0.25) is 5.91 Å². The highest BCUT2D eigenvalue weighted by Gasteiger charge is 2.51. The second kappa shape index (κ2) is 13.9. The van der Waals surface area contributed by atoms with Gasteiger partial charge in [-0.25, -0.2) is 0 Å². The Kier molecular flexibility index (Phi) is 12.1. The predicted octanol–water partition coefficient (Wildman–Crippen LogP) is 0.212. The molecule has 178 valence electrons. The lowest BCUT2D eigenvalue weighted by Crippen LogP contribution is -2.66. The monoisotopic (exact) mass is 447 g/mol. The molecule has 1 heterocycles. The normalized spacial score (nSPS) is 25.4. The predicted molar refractivity (Wildman–Crippen MR) is 106 cm³/mol. The van der Waals surface area contributed by atoms with Gasteiger partial charge in [-0.15, -0.1) is 0 Å². The largest absolute Gasteiger partial charge is 0.463 e. The molecule has 5 atom stereocenters. The minimum atomic E-state index is -1.14. The van der Waals surface area contributed by atoms with Gasteiger partial charge in [-0.2, -0.15) is 0 Å². The van der Waals surface area contributed by atoms with Crippen LogP contribution in [0.3, 0.4) is 0 Å². The first-order valence-corrected chi connectivity index (χ1v) is 10.3. The Balaban J connectivity index is 3.07. The fourth-order valence-electron chi connectivity index (χ4n) is 3.20. The molecule has 1 aliphatic rings. The molecule has 1 fully saturated rings. The summed E-state index contributed by atoms with van der Waals surface area (Å²) in [5, 5.41) is 11.5. The van der Waals surface area contributed by atoms with E-state index in [0.717, 1.165) is 12.8 Å². The number of carbonyl (C=O) groups is 4. The summed E-state index contributed by atoms with van der Waals surface area (Å²) in [5.41, 5.74) is 0. The van der Waals surface area contributed by atoms with Gasteiger partial charge in [0.05, 0.1) is 0 Å². The number of hydrogen-bond acceptors (Lipinski definition) is 10. The Morgan fingerprint density at radius 2 is 1.48 bits per heavy atom. The van der Waals surface area contributed by atoms with E-state index in [0.29, 0.717) is 12.8 Å². The van der Waals surface area contributed by atoms with Gasteiger partial charge in [0.15, 0.2) is 18.5 Å². The number of hydrogen-bond donors (Lipinski definition) is 2. The summed E-state index contributed by atoms with van der Waals surface area (Å²) >= 11 is 0. The number of carbonyl (C=O) groups excluding carboxylic acids is 4. The first-order chi connectivity index (χ1) is 14.6. The van der Waals surface area contributed by atoms with Crippen LogP contribution in [0.15, 0.2) is 0 Å². The van der Waals surface area contributed by atoms with Gasteiger partial charge in [-0.3, -0.25) is 19.2 Å². The number of esters is 3. The Hall–Kier alpha value is -2.24. The summed E-state index contributed by atoms with van der Waals surface area (Å²) in [6, 6.07) is -0.961. The van der Waals surface area contributed by atoms with Crippen LogP contribution < -0.4 is 5.32 Å². The summed E-state index contributed by atoms with van der Waals surface area (Å²) in [6.07, 6.45) is -1.27. The number of aliphatic hydroxyl groups excluding tert-OH is 1. The summed E-state index contributed by atoms with van der Waals surface area (Å²) in [5.74, 6) is -2.32. The second-order valence-electron chi connectivity index (χ2n) is 7.23. The van der Waals surface area contributed by atoms with Gasteiger partial charge in [0.25, 0.3) is 0 Å². The van der Waals surface area contributed by atoms with Gasteiger partial charge in [-0.05, 0) is 12.8 Å². The molecule has 0 saturated carbocycles. The molecule has 1 aliphatic heterocycles. The highest BCUT2D eigenvalue weighted by Crippen LogP contribution is 2.28. The van der Waals surface area contributed by atoms with Crippen molar-refractivity contribution < 1.29 is 48.0 Å². The van der Waals surface area contributed by atoms with Crippen LogP contribution in [-0.4, -0.2) is 79.4 Å². The Bertz CT molecular complexity index is 611. The minimum Gasteiger partial charge on any atom is -0.463 e. The number of aliphatic hydroxyl groups is 1. The lowest BCUT2D eigenvalue weighted by molar-refractivity contribution is -0.277. The molecule has 0 aromatic rings. The van der Waals surface area contributed by atoms with E-state index in [2.05, 4.69) is 5.32 Å². The molecule has 0 aliphatic carbocycles.